The third-order valence-electron chi connectivity index (χ3n) is 4.40. The molecule has 1 aliphatic heterocycles. The smallest absolute Gasteiger partial charge is 0.369 e. The maximum atomic E-state index is 12.6. The summed E-state index contributed by atoms with van der Waals surface area (Å²) in [7, 11) is 0. The summed E-state index contributed by atoms with van der Waals surface area (Å²) in [6.07, 6.45) is -2.81. The minimum Gasteiger partial charge on any atom is -0.369 e. The Labute approximate surface area is 121 Å². The molecule has 2 aliphatic rings. The lowest BCUT2D eigenvalue weighted by atomic mass is 9.85. The van der Waals surface area contributed by atoms with E-state index in [-0.39, 0.29) is 30.8 Å². The van der Waals surface area contributed by atoms with Crippen LogP contribution in [0.15, 0.2) is 0 Å². The second kappa shape index (κ2) is 6.11. The van der Waals surface area contributed by atoms with Crippen LogP contribution in [0.4, 0.5) is 18.0 Å². The van der Waals surface area contributed by atoms with Crippen molar-refractivity contribution in [2.45, 2.75) is 44.3 Å². The third kappa shape index (κ3) is 4.01. The van der Waals surface area contributed by atoms with E-state index in [1.165, 1.54) is 4.90 Å². The first-order valence-electron chi connectivity index (χ1n) is 7.19. The first kappa shape index (κ1) is 15.9. The van der Waals surface area contributed by atoms with Crippen LogP contribution in [-0.4, -0.2) is 42.1 Å². The summed E-state index contributed by atoms with van der Waals surface area (Å²) in [4.78, 5) is 24.6. The number of nitrogens with two attached hydrogens (primary N) is 1. The van der Waals surface area contributed by atoms with Crippen molar-refractivity contribution in [3.05, 3.63) is 0 Å². The minimum atomic E-state index is -4.14. The maximum absolute atomic E-state index is 12.6. The molecule has 3 amide bonds. The average molecular weight is 307 g/mol. The van der Waals surface area contributed by atoms with Crippen molar-refractivity contribution >= 4 is 11.9 Å². The van der Waals surface area contributed by atoms with Gasteiger partial charge in [-0.15, -0.1) is 0 Å². The quantitative estimate of drug-likeness (QED) is 0.813. The molecule has 5 nitrogen and oxygen atoms in total. The van der Waals surface area contributed by atoms with E-state index >= 15 is 0 Å². The van der Waals surface area contributed by atoms with Crippen molar-refractivity contribution in [2.75, 3.05) is 13.1 Å². The van der Waals surface area contributed by atoms with E-state index in [4.69, 9.17) is 5.73 Å². The van der Waals surface area contributed by atoms with Crippen LogP contribution in [0.2, 0.25) is 0 Å². The van der Waals surface area contributed by atoms with Crippen molar-refractivity contribution in [1.29, 1.82) is 0 Å². The second-order valence-electron chi connectivity index (χ2n) is 5.87. The Morgan fingerprint density at radius 1 is 1.10 bits per heavy atom. The predicted molar refractivity (Wildman–Crippen MR) is 69.2 cm³/mol. The van der Waals surface area contributed by atoms with E-state index in [1.807, 2.05) is 0 Å². The van der Waals surface area contributed by atoms with Gasteiger partial charge in [0.2, 0.25) is 5.91 Å². The van der Waals surface area contributed by atoms with Crippen molar-refractivity contribution < 1.29 is 22.8 Å². The number of alkyl halides is 3. The molecule has 0 spiro atoms. The van der Waals surface area contributed by atoms with Crippen LogP contribution >= 0.6 is 0 Å². The molecule has 1 aliphatic carbocycles. The number of rotatable bonds is 2. The molecular formula is C13H20F3N3O2. The van der Waals surface area contributed by atoms with Gasteiger partial charge in [0.1, 0.15) is 0 Å². The van der Waals surface area contributed by atoms with Gasteiger partial charge in [0.05, 0.1) is 11.8 Å². The number of urea groups is 1. The van der Waals surface area contributed by atoms with Crippen molar-refractivity contribution in [3.63, 3.8) is 0 Å². The highest BCUT2D eigenvalue weighted by Gasteiger charge is 2.41. The summed E-state index contributed by atoms with van der Waals surface area (Å²) >= 11 is 0. The summed E-state index contributed by atoms with van der Waals surface area (Å²) in [5.74, 6) is -2.00. The molecule has 0 aromatic heterocycles. The molecule has 0 bridgehead atoms. The zero-order valence-electron chi connectivity index (χ0n) is 11.7. The average Bonchev–Trinajstić information content (AvgIpc) is 2.88. The topological polar surface area (TPSA) is 75.4 Å². The predicted octanol–water partition coefficient (Wildman–Crippen LogP) is 1.62. The number of nitrogens with one attached hydrogen (secondary N) is 1. The summed E-state index contributed by atoms with van der Waals surface area (Å²) in [6.45, 7) is 0.746. The first-order valence-corrected chi connectivity index (χ1v) is 7.19. The number of likely N-dealkylation sites (tertiary alicyclic amines) is 1. The Balaban J connectivity index is 1.76. The summed E-state index contributed by atoms with van der Waals surface area (Å²) in [5, 5.41) is 2.76. The van der Waals surface area contributed by atoms with Gasteiger partial charge in [-0.05, 0) is 32.1 Å². The molecule has 1 saturated carbocycles. The zero-order chi connectivity index (χ0) is 15.6. The molecular weight excluding hydrogens is 287 g/mol. The largest absolute Gasteiger partial charge is 0.391 e. The fraction of sp³-hybridized carbons (Fsp3) is 0.846. The van der Waals surface area contributed by atoms with Gasteiger partial charge in [0, 0.05) is 19.1 Å². The molecule has 0 aromatic rings. The van der Waals surface area contributed by atoms with Crippen LogP contribution in [0.1, 0.15) is 32.1 Å². The van der Waals surface area contributed by atoms with Gasteiger partial charge in [-0.2, -0.15) is 13.2 Å². The number of primary amides is 1. The van der Waals surface area contributed by atoms with Gasteiger partial charge in [0.15, 0.2) is 0 Å². The van der Waals surface area contributed by atoms with Gasteiger partial charge in [-0.1, -0.05) is 0 Å². The van der Waals surface area contributed by atoms with Crippen molar-refractivity contribution in [3.8, 4) is 0 Å². The molecule has 0 aromatic carbocycles. The molecule has 1 heterocycles. The lowest BCUT2D eigenvalue weighted by molar-refractivity contribution is -0.182. The van der Waals surface area contributed by atoms with Gasteiger partial charge in [-0.25, -0.2) is 4.79 Å². The highest BCUT2D eigenvalue weighted by atomic mass is 19.4. The van der Waals surface area contributed by atoms with Crippen LogP contribution in [0, 0.1) is 11.8 Å². The number of hydrogen-bond donors (Lipinski definition) is 2. The monoisotopic (exact) mass is 307 g/mol. The number of hydrogen-bond acceptors (Lipinski definition) is 2. The Hall–Kier alpha value is -1.47. The first-order chi connectivity index (χ1) is 9.77. The minimum absolute atomic E-state index is 0.0539. The Morgan fingerprint density at radius 2 is 1.71 bits per heavy atom. The summed E-state index contributed by atoms with van der Waals surface area (Å²) in [5.41, 5.74) is 5.20. The van der Waals surface area contributed by atoms with E-state index in [2.05, 4.69) is 5.32 Å². The normalized spacial score (nSPS) is 30.2. The molecule has 21 heavy (non-hydrogen) atoms. The van der Waals surface area contributed by atoms with Gasteiger partial charge >= 0.3 is 12.2 Å². The lowest BCUT2D eigenvalue weighted by Gasteiger charge is -2.31. The highest BCUT2D eigenvalue weighted by Crippen LogP contribution is 2.37. The van der Waals surface area contributed by atoms with Gasteiger partial charge in [-0.3, -0.25) is 4.79 Å². The van der Waals surface area contributed by atoms with Crippen LogP contribution < -0.4 is 11.1 Å². The molecule has 2 rings (SSSR count). The van der Waals surface area contributed by atoms with Crippen LogP contribution in [0.3, 0.4) is 0 Å². The van der Waals surface area contributed by atoms with E-state index in [0.29, 0.717) is 32.4 Å². The highest BCUT2D eigenvalue weighted by molar-refractivity contribution is 5.80. The summed E-state index contributed by atoms with van der Waals surface area (Å²) in [6, 6.07) is -0.530. The fourth-order valence-electron chi connectivity index (χ4n) is 3.01. The summed E-state index contributed by atoms with van der Waals surface area (Å²) < 4.78 is 37.7. The number of carbonyl (C=O) groups excluding carboxylic acids is 2. The van der Waals surface area contributed by atoms with Gasteiger partial charge < -0.3 is 16.0 Å². The third-order valence-corrected chi connectivity index (χ3v) is 4.40. The Morgan fingerprint density at radius 3 is 2.19 bits per heavy atom. The van der Waals surface area contributed by atoms with Crippen molar-refractivity contribution in [2.24, 2.45) is 17.6 Å². The van der Waals surface area contributed by atoms with Crippen molar-refractivity contribution in [1.82, 2.24) is 10.2 Å². The molecule has 0 unspecified atom stereocenters. The Kier molecular flexibility index (Phi) is 4.63. The van der Waals surface area contributed by atoms with Crippen LogP contribution in [0.25, 0.3) is 0 Å². The molecule has 8 heteroatoms. The Bertz CT molecular complexity index is 406. The van der Waals surface area contributed by atoms with Gasteiger partial charge in [0.25, 0.3) is 0 Å². The molecule has 3 N–H and O–H groups in total. The molecule has 1 saturated heterocycles. The lowest BCUT2D eigenvalue weighted by Crippen LogP contribution is -2.46. The molecule has 1 atom stereocenters. The zero-order valence-corrected chi connectivity index (χ0v) is 11.7. The second-order valence-corrected chi connectivity index (χ2v) is 5.87. The van der Waals surface area contributed by atoms with E-state index in [9.17, 15) is 22.8 Å². The van der Waals surface area contributed by atoms with Crippen LogP contribution in [0.5, 0.6) is 0 Å². The number of carbonyl (C=O) groups is 2. The molecule has 120 valence electrons. The number of amides is 3. The number of nitrogens with zero attached hydrogens (tertiary/aromatic N) is 1. The van der Waals surface area contributed by atoms with Crippen LogP contribution in [-0.2, 0) is 4.79 Å². The van der Waals surface area contributed by atoms with E-state index in [0.717, 1.165) is 0 Å². The van der Waals surface area contributed by atoms with E-state index < -0.39 is 18.0 Å². The SMILES string of the molecule is NC(=O)[C@@H]1CCN(C(=O)NC2CCC(C(F)(F)F)CC2)C1. The number of halogens is 3. The fourth-order valence-corrected chi connectivity index (χ4v) is 3.01. The molecule has 0 radical (unpaired) electrons. The standard InChI is InChI=1S/C13H20F3N3O2/c14-13(15,16)9-1-3-10(4-2-9)18-12(21)19-6-5-8(7-19)11(17)20/h8-10H,1-7H2,(H2,17,20)(H,18,21)/t8-,9?,10?/m1/s1. The van der Waals surface area contributed by atoms with E-state index in [1.54, 1.807) is 0 Å². The maximum Gasteiger partial charge on any atom is 0.391 e. The molecule has 2 fully saturated rings.